The Morgan fingerprint density at radius 3 is 2.18 bits per heavy atom. The second-order valence-electron chi connectivity index (χ2n) is 5.21. The molecule has 2 fully saturated rings. The fraction of sp³-hybridized carbons (Fsp3) is 0.909. The van der Waals surface area contributed by atoms with Gasteiger partial charge in [0.15, 0.2) is 0 Å². The van der Waals surface area contributed by atoms with Crippen LogP contribution in [0.3, 0.4) is 0 Å². The van der Waals surface area contributed by atoms with E-state index in [2.05, 4.69) is 20.3 Å². The highest BCUT2D eigenvalue weighted by atomic mass is 14.4. The Morgan fingerprint density at radius 1 is 1.09 bits per heavy atom. The van der Waals surface area contributed by atoms with Gasteiger partial charge < -0.3 is 0 Å². The maximum absolute atomic E-state index is 2.57. The van der Waals surface area contributed by atoms with Crippen LogP contribution in [0.4, 0.5) is 0 Å². The van der Waals surface area contributed by atoms with Crippen molar-refractivity contribution >= 4 is 0 Å². The van der Waals surface area contributed by atoms with Gasteiger partial charge >= 0.3 is 0 Å². The largest absolute Gasteiger partial charge is 0.0596 e. The van der Waals surface area contributed by atoms with E-state index in [1.807, 2.05) is 0 Å². The van der Waals surface area contributed by atoms with Crippen molar-refractivity contribution in [3.8, 4) is 0 Å². The maximum Gasteiger partial charge on any atom is -0.0294 e. The van der Waals surface area contributed by atoms with Gasteiger partial charge in [0.2, 0.25) is 0 Å². The van der Waals surface area contributed by atoms with E-state index in [-0.39, 0.29) is 0 Å². The van der Waals surface area contributed by atoms with E-state index in [1.165, 1.54) is 38.5 Å². The van der Waals surface area contributed by atoms with Gasteiger partial charge in [-0.2, -0.15) is 0 Å². The number of rotatable bonds is 4. The fourth-order valence-electron chi connectivity index (χ4n) is 1.63. The topological polar surface area (TPSA) is 0 Å². The van der Waals surface area contributed by atoms with Crippen molar-refractivity contribution in [1.29, 1.82) is 0 Å². The third kappa shape index (κ3) is 1.98. The van der Waals surface area contributed by atoms with Gasteiger partial charge in [-0.15, -0.1) is 0 Å². The molecule has 0 atom stereocenters. The lowest BCUT2D eigenvalue weighted by atomic mass is 9.95. The van der Waals surface area contributed by atoms with Gasteiger partial charge in [0.05, 0.1) is 0 Å². The van der Waals surface area contributed by atoms with Gasteiger partial charge in [-0.1, -0.05) is 13.8 Å². The molecular formula is C11H19. The second-order valence-corrected chi connectivity index (χ2v) is 5.21. The zero-order valence-corrected chi connectivity index (χ0v) is 7.82. The smallest absolute Gasteiger partial charge is 0.0294 e. The monoisotopic (exact) mass is 151 g/mol. The van der Waals surface area contributed by atoms with E-state index < -0.39 is 0 Å². The summed E-state index contributed by atoms with van der Waals surface area (Å²) in [5.74, 6) is 0. The molecule has 2 aliphatic carbocycles. The molecule has 63 valence electrons. The Bertz CT molecular complexity index is 131. The van der Waals surface area contributed by atoms with Crippen LogP contribution >= 0.6 is 0 Å². The molecule has 0 heterocycles. The van der Waals surface area contributed by atoms with E-state index in [1.54, 1.807) is 0 Å². The highest BCUT2D eigenvalue weighted by Gasteiger charge is 2.40. The molecule has 0 nitrogen and oxygen atoms in total. The third-order valence-corrected chi connectivity index (χ3v) is 3.53. The molecule has 0 amide bonds. The summed E-state index contributed by atoms with van der Waals surface area (Å²) in [6.45, 7) is 4.82. The molecule has 0 bridgehead atoms. The normalized spacial score (nSPS) is 30.0. The Hall–Kier alpha value is 0. The third-order valence-electron chi connectivity index (χ3n) is 3.53. The van der Waals surface area contributed by atoms with Crippen molar-refractivity contribution in [2.75, 3.05) is 0 Å². The van der Waals surface area contributed by atoms with Crippen molar-refractivity contribution in [3.63, 3.8) is 0 Å². The molecule has 0 unspecified atom stereocenters. The first-order valence-electron chi connectivity index (χ1n) is 4.96. The van der Waals surface area contributed by atoms with E-state index >= 15 is 0 Å². The SMILES string of the molecule is CC1([CH]CCC2(C)CC2)CC1. The van der Waals surface area contributed by atoms with Gasteiger partial charge in [0, 0.05) is 0 Å². The molecule has 2 saturated carbocycles. The Balaban J connectivity index is 1.60. The minimum Gasteiger partial charge on any atom is -0.0596 e. The molecule has 11 heavy (non-hydrogen) atoms. The Kier molecular flexibility index (Phi) is 1.56. The van der Waals surface area contributed by atoms with Crippen LogP contribution < -0.4 is 0 Å². The van der Waals surface area contributed by atoms with Gasteiger partial charge in [0.25, 0.3) is 0 Å². The lowest BCUT2D eigenvalue weighted by Crippen LogP contribution is -1.98. The highest BCUT2D eigenvalue weighted by Crippen LogP contribution is 2.52. The van der Waals surface area contributed by atoms with Crippen molar-refractivity contribution in [1.82, 2.24) is 0 Å². The molecular weight excluding hydrogens is 132 g/mol. The standard InChI is InChI=1S/C11H19/c1-10(6-7-10)4-3-5-11(2)8-9-11/h4H,3,5-9H2,1-2H3. The van der Waals surface area contributed by atoms with Crippen molar-refractivity contribution in [3.05, 3.63) is 6.42 Å². The van der Waals surface area contributed by atoms with E-state index in [0.29, 0.717) is 5.41 Å². The molecule has 0 aromatic heterocycles. The molecule has 1 radical (unpaired) electrons. The predicted molar refractivity (Wildman–Crippen MR) is 48.2 cm³/mol. The predicted octanol–water partition coefficient (Wildman–Crippen LogP) is 3.57. The van der Waals surface area contributed by atoms with E-state index in [4.69, 9.17) is 0 Å². The number of hydrogen-bond acceptors (Lipinski definition) is 0. The average Bonchev–Trinajstić information content (AvgIpc) is 2.78. The molecule has 0 aromatic rings. The first-order valence-corrected chi connectivity index (χ1v) is 4.96. The minimum atomic E-state index is 0.672. The molecule has 0 N–H and O–H groups in total. The summed E-state index contributed by atoms with van der Waals surface area (Å²) in [4.78, 5) is 0. The summed E-state index contributed by atoms with van der Waals surface area (Å²) in [6, 6.07) is 0. The first kappa shape index (κ1) is 7.64. The van der Waals surface area contributed by atoms with Crippen LogP contribution in [-0.4, -0.2) is 0 Å². The van der Waals surface area contributed by atoms with Crippen molar-refractivity contribution in [2.24, 2.45) is 10.8 Å². The van der Waals surface area contributed by atoms with Gasteiger partial charge in [-0.05, 0) is 55.8 Å². The Morgan fingerprint density at radius 2 is 1.73 bits per heavy atom. The summed E-state index contributed by atoms with van der Waals surface area (Å²) in [5.41, 5.74) is 1.44. The van der Waals surface area contributed by atoms with Crippen molar-refractivity contribution in [2.45, 2.75) is 52.4 Å². The average molecular weight is 151 g/mol. The van der Waals surface area contributed by atoms with E-state index in [9.17, 15) is 0 Å². The van der Waals surface area contributed by atoms with Crippen LogP contribution in [0.2, 0.25) is 0 Å². The zero-order valence-electron chi connectivity index (χ0n) is 7.82. The van der Waals surface area contributed by atoms with Gasteiger partial charge in [-0.25, -0.2) is 0 Å². The summed E-state index contributed by atoms with van der Waals surface area (Å²) in [7, 11) is 0. The van der Waals surface area contributed by atoms with Crippen LogP contribution in [0.5, 0.6) is 0 Å². The van der Waals surface area contributed by atoms with E-state index in [0.717, 1.165) is 5.41 Å². The summed E-state index contributed by atoms with van der Waals surface area (Å²) >= 11 is 0. The first-order chi connectivity index (χ1) is 5.12. The van der Waals surface area contributed by atoms with Crippen LogP contribution in [0.15, 0.2) is 0 Å². The maximum atomic E-state index is 2.57. The van der Waals surface area contributed by atoms with Crippen LogP contribution in [0, 0.1) is 17.3 Å². The van der Waals surface area contributed by atoms with Crippen LogP contribution in [0.25, 0.3) is 0 Å². The molecule has 0 aromatic carbocycles. The molecule has 0 saturated heterocycles. The lowest BCUT2D eigenvalue weighted by Gasteiger charge is -2.10. The molecule has 0 aliphatic heterocycles. The summed E-state index contributed by atoms with van der Waals surface area (Å²) in [5, 5.41) is 0. The van der Waals surface area contributed by atoms with Gasteiger partial charge in [0.1, 0.15) is 0 Å². The molecule has 2 aliphatic rings. The van der Waals surface area contributed by atoms with Crippen LogP contribution in [0.1, 0.15) is 52.4 Å². The van der Waals surface area contributed by atoms with Crippen LogP contribution in [-0.2, 0) is 0 Å². The molecule has 0 spiro atoms. The minimum absolute atomic E-state index is 0.672. The lowest BCUT2D eigenvalue weighted by molar-refractivity contribution is 0.488. The highest BCUT2D eigenvalue weighted by molar-refractivity contribution is 5.01. The second kappa shape index (κ2) is 2.24. The number of hydrogen-bond donors (Lipinski definition) is 0. The van der Waals surface area contributed by atoms with Crippen molar-refractivity contribution < 1.29 is 0 Å². The van der Waals surface area contributed by atoms with Gasteiger partial charge in [-0.3, -0.25) is 0 Å². The quantitative estimate of drug-likeness (QED) is 0.576. The Labute approximate surface area is 70.4 Å². The summed E-state index contributed by atoms with van der Waals surface area (Å²) in [6.07, 6.45) is 11.2. The fourth-order valence-corrected chi connectivity index (χ4v) is 1.63. The molecule has 2 rings (SSSR count). The zero-order chi connectivity index (χ0) is 7.95. The summed E-state index contributed by atoms with van der Waals surface area (Å²) < 4.78 is 0. The molecule has 0 heteroatoms.